The molecule has 0 heterocycles. The maximum Gasteiger partial charge on any atom is -0.000741 e. The molecule has 1 aliphatic carbocycles. The first-order valence-corrected chi connectivity index (χ1v) is 13.5. The van der Waals surface area contributed by atoms with Gasteiger partial charge in [0, 0.05) is 0 Å². The number of aryl methyl sites for hydroxylation is 3. The Labute approximate surface area is 219 Å². The van der Waals surface area contributed by atoms with Crippen molar-refractivity contribution in [2.24, 2.45) is 0 Å². The van der Waals surface area contributed by atoms with Crippen molar-refractivity contribution in [1.82, 2.24) is 0 Å². The van der Waals surface area contributed by atoms with Crippen molar-refractivity contribution in [2.45, 2.75) is 33.6 Å². The summed E-state index contributed by atoms with van der Waals surface area (Å²) in [6.45, 7) is 6.66. The van der Waals surface area contributed by atoms with Gasteiger partial charge in [-0.1, -0.05) is 123 Å². The lowest BCUT2D eigenvalue weighted by Crippen LogP contribution is -1.95. The van der Waals surface area contributed by atoms with Crippen LogP contribution in [0.2, 0.25) is 0 Å². The predicted molar refractivity (Wildman–Crippen MR) is 160 cm³/mol. The molecule has 0 heteroatoms. The molecule has 1 aliphatic rings. The Hall–Kier alpha value is -4.16. The largest absolute Gasteiger partial charge is 0.0613 e. The third-order valence-electron chi connectivity index (χ3n) is 8.21. The summed E-state index contributed by atoms with van der Waals surface area (Å²) in [5.74, 6) is 0. The summed E-state index contributed by atoms with van der Waals surface area (Å²) >= 11 is 0. The van der Waals surface area contributed by atoms with Crippen LogP contribution in [0.4, 0.5) is 0 Å². The highest BCUT2D eigenvalue weighted by Gasteiger charge is 2.30. The summed E-state index contributed by atoms with van der Waals surface area (Å²) in [5.41, 5.74) is 14.8. The minimum atomic E-state index is 1.05. The van der Waals surface area contributed by atoms with E-state index in [9.17, 15) is 0 Å². The van der Waals surface area contributed by atoms with Crippen molar-refractivity contribution in [2.75, 3.05) is 0 Å². The van der Waals surface area contributed by atoms with E-state index in [4.69, 9.17) is 0 Å². The second-order valence-corrected chi connectivity index (χ2v) is 10.4. The van der Waals surface area contributed by atoms with Crippen LogP contribution in [0.25, 0.3) is 66.1 Å². The molecule has 0 radical (unpaired) electrons. The monoisotopic (exact) mass is 474 g/mol. The highest BCUT2D eigenvalue weighted by atomic mass is 14.3. The lowest BCUT2D eigenvalue weighted by molar-refractivity contribution is 1.14. The summed E-state index contributed by atoms with van der Waals surface area (Å²) in [7, 11) is 0. The molecule has 0 fully saturated rings. The number of fused-ring (bicyclic) bond motifs is 4. The summed E-state index contributed by atoms with van der Waals surface area (Å²) in [6.07, 6.45) is 2.10. The second kappa shape index (κ2) is 8.46. The van der Waals surface area contributed by atoms with Crippen LogP contribution in [-0.4, -0.2) is 0 Å². The Morgan fingerprint density at radius 2 is 1.00 bits per heavy atom. The van der Waals surface area contributed by atoms with Gasteiger partial charge in [-0.15, -0.1) is 0 Å². The number of benzene rings is 6. The van der Waals surface area contributed by atoms with Gasteiger partial charge in [-0.3, -0.25) is 0 Å². The summed E-state index contributed by atoms with van der Waals surface area (Å²) in [6, 6.07) is 39.1. The third-order valence-corrected chi connectivity index (χ3v) is 8.21. The SMILES string of the molecule is CCc1ccc(-c2c3c(c(-c4ccc(CC)cc4)c4cc(C)ccc24)-c2cccc4cccc-3c24)cc1. The smallest absolute Gasteiger partial charge is 0.000741 e. The Kier molecular flexibility index (Phi) is 5.04. The Morgan fingerprint density at radius 3 is 1.51 bits per heavy atom. The van der Waals surface area contributed by atoms with Crippen LogP contribution >= 0.6 is 0 Å². The normalized spacial score (nSPS) is 11.9. The van der Waals surface area contributed by atoms with Gasteiger partial charge in [0.2, 0.25) is 0 Å². The van der Waals surface area contributed by atoms with Gasteiger partial charge in [0.15, 0.2) is 0 Å². The highest BCUT2D eigenvalue weighted by Crippen LogP contribution is 2.57. The zero-order valence-electron chi connectivity index (χ0n) is 21.7. The summed E-state index contributed by atoms with van der Waals surface area (Å²) in [5, 5.41) is 5.35. The van der Waals surface area contributed by atoms with E-state index in [1.807, 2.05) is 0 Å². The van der Waals surface area contributed by atoms with E-state index >= 15 is 0 Å². The molecule has 0 nitrogen and oxygen atoms in total. The highest BCUT2D eigenvalue weighted by molar-refractivity contribution is 6.27. The van der Waals surface area contributed by atoms with E-state index in [1.165, 1.54) is 82.7 Å². The Morgan fingerprint density at radius 1 is 0.486 bits per heavy atom. The average molecular weight is 475 g/mol. The maximum absolute atomic E-state index is 2.39. The molecule has 0 atom stereocenters. The van der Waals surface area contributed by atoms with Crippen LogP contribution in [0.3, 0.4) is 0 Å². The van der Waals surface area contributed by atoms with Gasteiger partial charge in [-0.2, -0.15) is 0 Å². The minimum Gasteiger partial charge on any atom is -0.0613 e. The first-order chi connectivity index (χ1) is 18.2. The van der Waals surface area contributed by atoms with Crippen molar-refractivity contribution in [1.29, 1.82) is 0 Å². The molecule has 7 rings (SSSR count). The summed E-state index contributed by atoms with van der Waals surface area (Å²) < 4.78 is 0. The maximum atomic E-state index is 2.39. The van der Waals surface area contributed by atoms with Crippen LogP contribution in [0.5, 0.6) is 0 Å². The van der Waals surface area contributed by atoms with Crippen LogP contribution in [0.15, 0.2) is 103 Å². The molecule has 0 amide bonds. The van der Waals surface area contributed by atoms with E-state index < -0.39 is 0 Å². The summed E-state index contributed by atoms with van der Waals surface area (Å²) in [4.78, 5) is 0. The first kappa shape index (κ1) is 22.1. The quantitative estimate of drug-likeness (QED) is 0.238. The molecule has 0 N–H and O–H groups in total. The standard InChI is InChI=1S/C37H30/c1-4-24-13-17-27(18-14-24)34-29-21-12-23(3)22-32(29)35(28-19-15-25(5-2)16-20-28)37-31-11-7-9-26-8-6-10-30(33(26)31)36(34)37/h6-22H,4-5H2,1-3H3. The topological polar surface area (TPSA) is 0 Å². The Balaban J connectivity index is 1.69. The van der Waals surface area contributed by atoms with Gasteiger partial charge in [-0.25, -0.2) is 0 Å². The molecule has 0 saturated heterocycles. The van der Waals surface area contributed by atoms with Crippen molar-refractivity contribution < 1.29 is 0 Å². The fourth-order valence-corrected chi connectivity index (χ4v) is 6.31. The van der Waals surface area contributed by atoms with Crippen molar-refractivity contribution >= 4 is 21.5 Å². The zero-order chi connectivity index (χ0) is 25.1. The molecule has 0 unspecified atom stereocenters. The number of hydrogen-bond acceptors (Lipinski definition) is 0. The molecule has 37 heavy (non-hydrogen) atoms. The van der Waals surface area contributed by atoms with Gasteiger partial charge in [0.25, 0.3) is 0 Å². The number of hydrogen-bond donors (Lipinski definition) is 0. The van der Waals surface area contributed by atoms with Crippen LogP contribution in [0, 0.1) is 6.92 Å². The average Bonchev–Trinajstić information content (AvgIpc) is 3.27. The fourth-order valence-electron chi connectivity index (χ4n) is 6.31. The van der Waals surface area contributed by atoms with Crippen molar-refractivity contribution in [3.8, 4) is 44.5 Å². The molecule has 0 aromatic heterocycles. The molecule has 0 aliphatic heterocycles. The molecule has 178 valence electrons. The zero-order valence-corrected chi connectivity index (χ0v) is 21.7. The van der Waals surface area contributed by atoms with E-state index in [1.54, 1.807) is 0 Å². The van der Waals surface area contributed by atoms with E-state index in [-0.39, 0.29) is 0 Å². The van der Waals surface area contributed by atoms with Gasteiger partial charge >= 0.3 is 0 Å². The van der Waals surface area contributed by atoms with E-state index in [2.05, 4.69) is 124 Å². The second-order valence-electron chi connectivity index (χ2n) is 10.4. The molecular weight excluding hydrogens is 444 g/mol. The van der Waals surface area contributed by atoms with E-state index in [0.717, 1.165) is 12.8 Å². The Bertz CT molecular complexity index is 1810. The molecule has 0 bridgehead atoms. The van der Waals surface area contributed by atoms with Gasteiger partial charge in [-0.05, 0) is 96.9 Å². The molecular formula is C37H30. The fraction of sp³-hybridized carbons (Fsp3) is 0.135. The van der Waals surface area contributed by atoms with Crippen LogP contribution in [-0.2, 0) is 12.8 Å². The van der Waals surface area contributed by atoms with Crippen molar-refractivity contribution in [3.05, 3.63) is 120 Å². The molecule has 6 aromatic rings. The van der Waals surface area contributed by atoms with Gasteiger partial charge in [0.05, 0.1) is 0 Å². The third kappa shape index (κ3) is 3.29. The molecule has 6 aromatic carbocycles. The van der Waals surface area contributed by atoms with Crippen LogP contribution < -0.4 is 0 Å². The van der Waals surface area contributed by atoms with Crippen LogP contribution in [0.1, 0.15) is 30.5 Å². The van der Waals surface area contributed by atoms with Crippen molar-refractivity contribution in [3.63, 3.8) is 0 Å². The lowest BCUT2D eigenvalue weighted by atomic mass is 9.82. The lowest BCUT2D eigenvalue weighted by Gasteiger charge is -2.21. The first-order valence-electron chi connectivity index (χ1n) is 13.5. The molecule has 0 spiro atoms. The number of rotatable bonds is 4. The van der Waals surface area contributed by atoms with Gasteiger partial charge < -0.3 is 0 Å². The molecule has 0 saturated carbocycles. The van der Waals surface area contributed by atoms with Gasteiger partial charge in [0.1, 0.15) is 0 Å². The van der Waals surface area contributed by atoms with E-state index in [0.29, 0.717) is 0 Å². The minimum absolute atomic E-state index is 1.05. The predicted octanol–water partition coefficient (Wildman–Crippen LogP) is 10.4.